The minimum absolute atomic E-state index is 0.0189. The predicted molar refractivity (Wildman–Crippen MR) is 156 cm³/mol. The molecular formula is C32H41N5O3. The van der Waals surface area contributed by atoms with Crippen molar-refractivity contribution in [2.75, 3.05) is 33.7 Å². The number of hydrogen-bond acceptors (Lipinski definition) is 6. The van der Waals surface area contributed by atoms with Crippen LogP contribution in [0.15, 0.2) is 55.0 Å². The Labute approximate surface area is 237 Å². The van der Waals surface area contributed by atoms with E-state index < -0.39 is 11.9 Å². The number of carboxylic acids is 1. The smallest absolute Gasteiger partial charge is 0.306 e. The van der Waals surface area contributed by atoms with Crippen LogP contribution in [0, 0.1) is 5.92 Å². The van der Waals surface area contributed by atoms with E-state index in [1.807, 2.05) is 30.3 Å². The molecule has 1 N–H and O–H groups in total. The van der Waals surface area contributed by atoms with Gasteiger partial charge in [-0.05, 0) is 81.6 Å². The molecule has 0 unspecified atom stereocenters. The van der Waals surface area contributed by atoms with Gasteiger partial charge >= 0.3 is 5.97 Å². The Morgan fingerprint density at radius 1 is 1.00 bits per heavy atom. The number of carbonyl (C=O) groups excluding carboxylic acids is 1. The number of carboxylic acid groups (broad SMARTS) is 1. The van der Waals surface area contributed by atoms with Crippen molar-refractivity contribution in [2.45, 2.75) is 57.8 Å². The molecule has 0 bridgehead atoms. The highest BCUT2D eigenvalue weighted by Crippen LogP contribution is 2.24. The van der Waals surface area contributed by atoms with Crippen LogP contribution < -0.4 is 0 Å². The second kappa shape index (κ2) is 14.7. The van der Waals surface area contributed by atoms with Gasteiger partial charge in [0.25, 0.3) is 0 Å². The van der Waals surface area contributed by atoms with Gasteiger partial charge in [0.1, 0.15) is 6.33 Å². The second-order valence-electron chi connectivity index (χ2n) is 10.9. The lowest BCUT2D eigenvalue weighted by Gasteiger charge is -2.25. The number of carbonyl (C=O) groups is 2. The minimum Gasteiger partial charge on any atom is -0.481 e. The molecule has 0 radical (unpaired) electrons. The van der Waals surface area contributed by atoms with Gasteiger partial charge in [0.05, 0.1) is 18.2 Å². The lowest BCUT2D eigenvalue weighted by Crippen LogP contribution is -2.38. The number of rotatable bonds is 14. The lowest BCUT2D eigenvalue weighted by molar-refractivity contribution is -0.142. The number of pyridine rings is 1. The Balaban J connectivity index is 1.35. The van der Waals surface area contributed by atoms with Crippen LogP contribution in [0.2, 0.25) is 0 Å². The number of benzene rings is 1. The average molecular weight is 544 g/mol. The molecule has 4 rings (SSSR count). The van der Waals surface area contributed by atoms with Crippen molar-refractivity contribution in [3.8, 4) is 11.1 Å². The number of nitrogens with zero attached hydrogens (tertiary/aromatic N) is 5. The molecule has 1 atom stereocenters. The van der Waals surface area contributed by atoms with Gasteiger partial charge in [-0.25, -0.2) is 9.97 Å². The van der Waals surface area contributed by atoms with Gasteiger partial charge in [-0.15, -0.1) is 0 Å². The van der Waals surface area contributed by atoms with E-state index >= 15 is 0 Å². The van der Waals surface area contributed by atoms with Crippen molar-refractivity contribution in [1.82, 2.24) is 24.8 Å². The van der Waals surface area contributed by atoms with E-state index in [2.05, 4.69) is 27.0 Å². The predicted octanol–water partition coefficient (Wildman–Crippen LogP) is 4.46. The number of unbranched alkanes of at least 4 members (excludes halogenated alkanes) is 1. The third-order valence-corrected chi connectivity index (χ3v) is 7.71. The van der Waals surface area contributed by atoms with Gasteiger partial charge in [0.15, 0.2) is 0 Å². The molecule has 40 heavy (non-hydrogen) atoms. The summed E-state index contributed by atoms with van der Waals surface area (Å²) in [7, 11) is 3.51. The maximum atomic E-state index is 12.6. The summed E-state index contributed by atoms with van der Waals surface area (Å²) in [5, 5.41) is 10.1. The summed E-state index contributed by atoms with van der Waals surface area (Å²) in [6.07, 6.45) is 11.5. The van der Waals surface area contributed by atoms with E-state index in [4.69, 9.17) is 4.98 Å². The van der Waals surface area contributed by atoms with Crippen molar-refractivity contribution in [1.29, 1.82) is 0 Å². The first-order chi connectivity index (χ1) is 19.4. The zero-order chi connectivity index (χ0) is 28.3. The number of likely N-dealkylation sites (N-methyl/N-ethyl adjacent to an activating group) is 1. The lowest BCUT2D eigenvalue weighted by atomic mass is 9.94. The van der Waals surface area contributed by atoms with E-state index in [0.717, 1.165) is 61.2 Å². The highest BCUT2D eigenvalue weighted by molar-refractivity contribution is 5.77. The number of hydrogen-bond donors (Lipinski definition) is 1. The molecule has 1 aromatic carbocycles. The van der Waals surface area contributed by atoms with E-state index in [-0.39, 0.29) is 12.5 Å². The molecule has 1 amide bonds. The Kier molecular flexibility index (Phi) is 10.7. The van der Waals surface area contributed by atoms with Gasteiger partial charge in [0.2, 0.25) is 5.91 Å². The Hall–Kier alpha value is -3.65. The van der Waals surface area contributed by atoms with Crippen LogP contribution in [-0.2, 0) is 35.3 Å². The first-order valence-electron chi connectivity index (χ1n) is 14.4. The molecule has 8 nitrogen and oxygen atoms in total. The number of fused-ring (bicyclic) bond motifs is 1. The summed E-state index contributed by atoms with van der Waals surface area (Å²) in [6, 6.07) is 14.2. The van der Waals surface area contributed by atoms with Crippen LogP contribution in [0.4, 0.5) is 0 Å². The molecule has 0 aliphatic heterocycles. The summed E-state index contributed by atoms with van der Waals surface area (Å²) in [5.41, 5.74) is 6.34. The summed E-state index contributed by atoms with van der Waals surface area (Å²) >= 11 is 0. The van der Waals surface area contributed by atoms with Gasteiger partial charge in [-0.3, -0.25) is 19.5 Å². The fourth-order valence-electron chi connectivity index (χ4n) is 5.27. The van der Waals surface area contributed by atoms with Gasteiger partial charge < -0.3 is 10.0 Å². The number of aliphatic carboxylic acids is 1. The van der Waals surface area contributed by atoms with Crippen molar-refractivity contribution < 1.29 is 14.7 Å². The van der Waals surface area contributed by atoms with E-state index in [1.54, 1.807) is 25.2 Å². The first-order valence-corrected chi connectivity index (χ1v) is 14.4. The fraction of sp³-hybridized carbons (Fsp3) is 0.469. The van der Waals surface area contributed by atoms with Crippen molar-refractivity contribution in [3.63, 3.8) is 0 Å². The second-order valence-corrected chi connectivity index (χ2v) is 10.9. The molecule has 212 valence electrons. The van der Waals surface area contributed by atoms with Crippen LogP contribution in [0.1, 0.15) is 54.7 Å². The fourth-order valence-corrected chi connectivity index (χ4v) is 5.27. The molecule has 0 spiro atoms. The summed E-state index contributed by atoms with van der Waals surface area (Å²) < 4.78 is 0. The first kappa shape index (κ1) is 29.3. The number of amides is 1. The van der Waals surface area contributed by atoms with Gasteiger partial charge in [0, 0.05) is 43.7 Å². The van der Waals surface area contributed by atoms with Gasteiger partial charge in [-0.1, -0.05) is 36.4 Å². The molecule has 2 heterocycles. The molecule has 0 saturated heterocycles. The summed E-state index contributed by atoms with van der Waals surface area (Å²) in [4.78, 5) is 42.0. The van der Waals surface area contributed by atoms with Crippen LogP contribution in [0.25, 0.3) is 11.1 Å². The van der Waals surface area contributed by atoms with E-state index in [1.165, 1.54) is 30.4 Å². The normalized spacial score (nSPS) is 13.6. The minimum atomic E-state index is -0.852. The molecule has 1 aliphatic rings. The zero-order valence-corrected chi connectivity index (χ0v) is 23.8. The molecule has 2 aromatic heterocycles. The van der Waals surface area contributed by atoms with Crippen LogP contribution in [-0.4, -0.2) is 75.5 Å². The van der Waals surface area contributed by atoms with Gasteiger partial charge in [-0.2, -0.15) is 0 Å². The van der Waals surface area contributed by atoms with Crippen LogP contribution >= 0.6 is 0 Å². The highest BCUT2D eigenvalue weighted by atomic mass is 16.4. The summed E-state index contributed by atoms with van der Waals surface area (Å²) in [6.45, 7) is 1.54. The Morgan fingerprint density at radius 3 is 2.58 bits per heavy atom. The highest BCUT2D eigenvalue weighted by Gasteiger charge is 2.23. The SMILES string of the molecule is CN(C)C(=O)CN(CCCCc1ccc2c(n1)CCCC2)CC[C@H](Cc1ncncc1-c1ccccc1)C(=O)O. The van der Waals surface area contributed by atoms with Crippen LogP contribution in [0.3, 0.4) is 0 Å². The third kappa shape index (κ3) is 8.42. The van der Waals surface area contributed by atoms with E-state index in [9.17, 15) is 14.7 Å². The third-order valence-electron chi connectivity index (χ3n) is 7.71. The Morgan fingerprint density at radius 2 is 1.80 bits per heavy atom. The standard InChI is InChI=1S/C32H41N5O3/c1-36(2)31(38)22-37(18-9-8-13-27-16-15-25-12-6-7-14-29(25)35-27)19-17-26(32(39)40)20-30-28(21-33-23-34-30)24-10-4-3-5-11-24/h3-5,10-11,15-16,21,23,26H,6-9,12-14,17-20,22H2,1-2H3,(H,39,40)/t26-/m1/s1. The number of aromatic nitrogens is 3. The molecule has 3 aromatic rings. The molecular weight excluding hydrogens is 502 g/mol. The average Bonchev–Trinajstić information content (AvgIpc) is 2.97. The quantitative estimate of drug-likeness (QED) is 0.300. The van der Waals surface area contributed by atoms with Crippen LogP contribution in [0.5, 0.6) is 0 Å². The maximum absolute atomic E-state index is 12.6. The molecule has 0 fully saturated rings. The maximum Gasteiger partial charge on any atom is 0.306 e. The topological polar surface area (TPSA) is 99.5 Å². The van der Waals surface area contributed by atoms with E-state index in [0.29, 0.717) is 19.4 Å². The zero-order valence-electron chi connectivity index (χ0n) is 23.8. The van der Waals surface area contributed by atoms with Crippen molar-refractivity contribution >= 4 is 11.9 Å². The monoisotopic (exact) mass is 543 g/mol. The number of aryl methyl sites for hydroxylation is 3. The summed E-state index contributed by atoms with van der Waals surface area (Å²) in [5.74, 6) is -1.45. The largest absolute Gasteiger partial charge is 0.481 e. The van der Waals surface area contributed by atoms with Crippen molar-refractivity contribution in [3.05, 3.63) is 77.6 Å². The molecule has 1 aliphatic carbocycles. The molecule has 8 heteroatoms. The van der Waals surface area contributed by atoms with Crippen molar-refractivity contribution in [2.24, 2.45) is 5.92 Å². The Bertz CT molecular complexity index is 1260. The molecule has 0 saturated carbocycles.